The van der Waals surface area contributed by atoms with Crippen molar-refractivity contribution in [2.75, 3.05) is 45.0 Å². The normalized spacial score (nSPS) is 15.4. The van der Waals surface area contributed by atoms with Crippen molar-refractivity contribution in [3.05, 3.63) is 65.6 Å². The summed E-state index contributed by atoms with van der Waals surface area (Å²) in [5, 5.41) is 18.0. The van der Waals surface area contributed by atoms with Gasteiger partial charge in [-0.1, -0.05) is 18.7 Å². The number of allylic oxidation sites excluding steroid dienone is 2. The molecule has 1 aliphatic heterocycles. The van der Waals surface area contributed by atoms with Crippen molar-refractivity contribution in [3.8, 4) is 5.75 Å². The number of hydrogen-bond acceptors (Lipinski definition) is 8. The highest BCUT2D eigenvalue weighted by atomic mass is 31.0. The molecule has 0 aromatic heterocycles. The Morgan fingerprint density at radius 1 is 1.26 bits per heavy atom. The number of carbonyl (C=O) groups is 1. The van der Waals surface area contributed by atoms with Gasteiger partial charge in [-0.3, -0.25) is 0 Å². The summed E-state index contributed by atoms with van der Waals surface area (Å²) in [6.45, 7) is 6.99. The number of phenols is 1. The van der Waals surface area contributed by atoms with E-state index < -0.39 is 12.1 Å². The Kier molecular flexibility index (Phi) is 8.31. The van der Waals surface area contributed by atoms with Crippen LogP contribution in [0.3, 0.4) is 0 Å². The molecule has 180 valence electrons. The van der Waals surface area contributed by atoms with Gasteiger partial charge in [0, 0.05) is 23.9 Å². The first-order valence-corrected chi connectivity index (χ1v) is 11.4. The number of benzene rings is 2. The minimum absolute atomic E-state index is 0.123. The Morgan fingerprint density at radius 2 is 1.97 bits per heavy atom. The van der Waals surface area contributed by atoms with Crippen molar-refractivity contribution < 1.29 is 19.4 Å². The van der Waals surface area contributed by atoms with E-state index >= 15 is 0 Å². The number of anilines is 2. The van der Waals surface area contributed by atoms with Crippen LogP contribution in [0.4, 0.5) is 11.4 Å². The number of esters is 1. The first kappa shape index (κ1) is 25.3. The summed E-state index contributed by atoms with van der Waals surface area (Å²) in [7, 11) is 7.85. The fraction of sp³-hybridized carbons (Fsp3) is 0.280. The van der Waals surface area contributed by atoms with Gasteiger partial charge in [-0.2, -0.15) is 0 Å². The molecule has 0 aliphatic carbocycles. The molecule has 2 unspecified atom stereocenters. The third-order valence-corrected chi connectivity index (χ3v) is 5.78. The lowest BCUT2D eigenvalue weighted by molar-refractivity contribution is 0.0602. The molecule has 0 saturated carbocycles. The second-order valence-corrected chi connectivity index (χ2v) is 8.56. The molecule has 9 heteroatoms. The number of methoxy groups -OCH3 is 1. The standard InChI is InChI=1S/C25H31N4O4P/c1-6-16(24(26-7-2)33-11-10-29(3)4)15-8-9-21(30)17(12-15)23-27-19-13-18(25(31)32-5)22(34)14-20(19)28-23/h6-9,12-14,23,27-28,30H,1,10-11,34H2,2-5H3/b24-16-,26-7-. The highest BCUT2D eigenvalue weighted by molar-refractivity contribution is 7.27. The molecule has 2 atom stereocenters. The summed E-state index contributed by atoms with van der Waals surface area (Å²) in [6.07, 6.45) is 2.96. The van der Waals surface area contributed by atoms with Crippen molar-refractivity contribution in [3.63, 3.8) is 0 Å². The number of rotatable bonds is 9. The van der Waals surface area contributed by atoms with Gasteiger partial charge in [0.15, 0.2) is 0 Å². The van der Waals surface area contributed by atoms with Gasteiger partial charge in [0.25, 0.3) is 0 Å². The van der Waals surface area contributed by atoms with Crippen LogP contribution in [-0.2, 0) is 9.47 Å². The van der Waals surface area contributed by atoms with E-state index in [4.69, 9.17) is 9.47 Å². The third-order valence-electron chi connectivity index (χ3n) is 5.30. The van der Waals surface area contributed by atoms with Crippen LogP contribution in [0.5, 0.6) is 5.75 Å². The molecule has 2 aromatic carbocycles. The van der Waals surface area contributed by atoms with Crippen LogP contribution >= 0.6 is 9.24 Å². The number of nitrogens with one attached hydrogen (secondary N) is 2. The number of phenolic OH excluding ortho intramolecular Hbond substituents is 1. The van der Waals surface area contributed by atoms with Gasteiger partial charge in [0.2, 0.25) is 5.88 Å². The summed E-state index contributed by atoms with van der Waals surface area (Å²) >= 11 is 0. The van der Waals surface area contributed by atoms with Crippen LogP contribution in [0.25, 0.3) is 5.57 Å². The first-order chi connectivity index (χ1) is 16.3. The average molecular weight is 483 g/mol. The molecule has 2 aromatic rings. The van der Waals surface area contributed by atoms with E-state index in [2.05, 4.69) is 31.4 Å². The van der Waals surface area contributed by atoms with E-state index in [1.165, 1.54) is 7.11 Å². The van der Waals surface area contributed by atoms with Gasteiger partial charge < -0.3 is 30.1 Å². The highest BCUT2D eigenvalue weighted by Crippen LogP contribution is 2.39. The molecule has 0 amide bonds. The Labute approximate surface area is 202 Å². The van der Waals surface area contributed by atoms with E-state index in [9.17, 15) is 9.90 Å². The van der Waals surface area contributed by atoms with Gasteiger partial charge in [-0.15, -0.1) is 9.24 Å². The second kappa shape index (κ2) is 11.2. The molecular weight excluding hydrogens is 451 g/mol. The van der Waals surface area contributed by atoms with E-state index in [0.717, 1.165) is 23.5 Å². The summed E-state index contributed by atoms with van der Waals surface area (Å²) in [5.74, 6) is 0.169. The van der Waals surface area contributed by atoms with E-state index in [1.807, 2.05) is 38.1 Å². The second-order valence-electron chi connectivity index (χ2n) is 7.93. The zero-order chi connectivity index (χ0) is 24.8. The monoisotopic (exact) mass is 482 g/mol. The number of likely N-dealkylation sites (N-methyl/N-ethyl adjacent to an activating group) is 1. The molecule has 1 heterocycles. The lowest BCUT2D eigenvalue weighted by Gasteiger charge is -2.17. The van der Waals surface area contributed by atoms with Crippen molar-refractivity contribution in [1.82, 2.24) is 4.90 Å². The molecule has 8 nitrogen and oxygen atoms in total. The molecule has 0 saturated heterocycles. The molecule has 0 radical (unpaired) electrons. The molecule has 1 aliphatic rings. The molecular formula is C25H31N4O4P. The Morgan fingerprint density at radius 3 is 2.59 bits per heavy atom. The predicted octanol–water partition coefficient (Wildman–Crippen LogP) is 3.74. The maximum Gasteiger partial charge on any atom is 0.338 e. The van der Waals surface area contributed by atoms with Gasteiger partial charge in [-0.25, -0.2) is 9.79 Å². The van der Waals surface area contributed by atoms with Gasteiger partial charge in [-0.05, 0) is 56.2 Å². The van der Waals surface area contributed by atoms with Crippen LogP contribution in [0.15, 0.2) is 53.9 Å². The maximum atomic E-state index is 12.1. The number of nitrogens with zero attached hydrogens (tertiary/aromatic N) is 2. The van der Waals surface area contributed by atoms with Gasteiger partial charge in [0.1, 0.15) is 18.5 Å². The number of ether oxygens (including phenoxy) is 2. The van der Waals surface area contributed by atoms with Crippen LogP contribution in [-0.4, -0.2) is 56.5 Å². The van der Waals surface area contributed by atoms with Gasteiger partial charge >= 0.3 is 5.97 Å². The molecule has 3 rings (SSSR count). The minimum Gasteiger partial charge on any atom is -0.508 e. The molecule has 34 heavy (non-hydrogen) atoms. The fourth-order valence-electron chi connectivity index (χ4n) is 3.55. The van der Waals surface area contributed by atoms with E-state index in [-0.39, 0.29) is 5.75 Å². The van der Waals surface area contributed by atoms with Crippen molar-refractivity contribution in [2.24, 2.45) is 4.99 Å². The molecule has 3 N–H and O–H groups in total. The SMILES string of the molecule is C=C/C(=C(\N=C/C)OCCN(C)C)c1ccc(O)c(C2Nc3cc(P)c(C(=O)OC)cc3N2)c1. The van der Waals surface area contributed by atoms with Crippen LogP contribution < -0.4 is 15.9 Å². The largest absolute Gasteiger partial charge is 0.508 e. The fourth-order valence-corrected chi connectivity index (χ4v) is 3.92. The van der Waals surface area contributed by atoms with Gasteiger partial charge in [0.05, 0.1) is 24.0 Å². The number of aromatic hydroxyl groups is 1. The number of aliphatic imine (C=N–C) groups is 1. The smallest absolute Gasteiger partial charge is 0.338 e. The summed E-state index contributed by atoms with van der Waals surface area (Å²) in [5.41, 5.74) is 4.15. The maximum absolute atomic E-state index is 12.1. The quantitative estimate of drug-likeness (QED) is 0.165. The lowest BCUT2D eigenvalue weighted by atomic mass is 10.0. The Hall–Kier alpha value is -3.35. The topological polar surface area (TPSA) is 95.4 Å². The van der Waals surface area contributed by atoms with Crippen LogP contribution in [0, 0.1) is 0 Å². The zero-order valence-corrected chi connectivity index (χ0v) is 21.0. The summed E-state index contributed by atoms with van der Waals surface area (Å²) in [6, 6.07) is 8.89. The van der Waals surface area contributed by atoms with Crippen molar-refractivity contribution >= 4 is 43.7 Å². The predicted molar refractivity (Wildman–Crippen MR) is 141 cm³/mol. The Bertz CT molecular complexity index is 1140. The number of hydrogen-bond donors (Lipinski definition) is 3. The average Bonchev–Trinajstić information content (AvgIpc) is 3.21. The summed E-state index contributed by atoms with van der Waals surface area (Å²) in [4.78, 5) is 18.5. The lowest BCUT2D eigenvalue weighted by Crippen LogP contribution is -2.18. The minimum atomic E-state index is -0.415. The molecule has 0 bridgehead atoms. The zero-order valence-electron chi connectivity index (χ0n) is 19.9. The van der Waals surface area contributed by atoms with Crippen LogP contribution in [0.1, 0.15) is 34.6 Å². The summed E-state index contributed by atoms with van der Waals surface area (Å²) < 4.78 is 10.8. The number of carbonyl (C=O) groups excluding carboxylic acids is 1. The molecule has 0 fully saturated rings. The van der Waals surface area contributed by atoms with Crippen LogP contribution in [0.2, 0.25) is 0 Å². The molecule has 0 spiro atoms. The Balaban J connectivity index is 1.94. The van der Waals surface area contributed by atoms with Crippen molar-refractivity contribution in [1.29, 1.82) is 0 Å². The van der Waals surface area contributed by atoms with Crippen molar-refractivity contribution in [2.45, 2.75) is 13.1 Å². The van der Waals surface area contributed by atoms with E-state index in [0.29, 0.717) is 34.5 Å². The first-order valence-electron chi connectivity index (χ1n) is 10.8. The number of fused-ring (bicyclic) bond motifs is 1. The third kappa shape index (κ3) is 5.58. The highest BCUT2D eigenvalue weighted by Gasteiger charge is 2.26. The van der Waals surface area contributed by atoms with E-state index in [1.54, 1.807) is 30.5 Å².